The molecule has 0 saturated carbocycles. The van der Waals surface area contributed by atoms with Crippen LogP contribution in [0.25, 0.3) is 0 Å². The van der Waals surface area contributed by atoms with E-state index in [2.05, 4.69) is 28.2 Å². The molecule has 1 aromatic heterocycles. The van der Waals surface area contributed by atoms with Crippen molar-refractivity contribution in [1.82, 2.24) is 10.3 Å². The van der Waals surface area contributed by atoms with Gasteiger partial charge in [0.2, 0.25) is 5.91 Å². The number of aromatic nitrogens is 1. The van der Waals surface area contributed by atoms with E-state index in [0.29, 0.717) is 6.54 Å². The molecule has 1 aliphatic heterocycles. The third-order valence-electron chi connectivity index (χ3n) is 3.32. The van der Waals surface area contributed by atoms with Crippen LogP contribution in [0.15, 0.2) is 18.3 Å². The van der Waals surface area contributed by atoms with E-state index in [1.165, 1.54) is 5.56 Å². The molecule has 98 valence electrons. The lowest BCUT2D eigenvalue weighted by molar-refractivity contribution is -0.121. The molecule has 1 fully saturated rings. The van der Waals surface area contributed by atoms with Crippen LogP contribution in [0.4, 0.5) is 5.82 Å². The van der Waals surface area contributed by atoms with E-state index in [4.69, 9.17) is 5.73 Å². The molecule has 1 saturated heterocycles. The Labute approximate surface area is 107 Å². The zero-order chi connectivity index (χ0) is 13.0. The lowest BCUT2D eigenvalue weighted by Gasteiger charge is -2.20. The molecule has 1 atom stereocenters. The minimum absolute atomic E-state index is 0.0426. The maximum Gasteiger partial charge on any atom is 0.222 e. The number of carbonyl (C=O) groups excluding carboxylic acids is 1. The van der Waals surface area contributed by atoms with Gasteiger partial charge in [-0.2, -0.15) is 0 Å². The number of amides is 1. The fourth-order valence-corrected chi connectivity index (χ4v) is 2.30. The van der Waals surface area contributed by atoms with Crippen molar-refractivity contribution in [3.05, 3.63) is 23.9 Å². The first-order valence-corrected chi connectivity index (χ1v) is 6.41. The summed E-state index contributed by atoms with van der Waals surface area (Å²) in [6.45, 7) is 5.35. The van der Waals surface area contributed by atoms with Crippen LogP contribution >= 0.6 is 0 Å². The van der Waals surface area contributed by atoms with E-state index in [1.54, 1.807) is 6.20 Å². The third kappa shape index (κ3) is 2.79. The van der Waals surface area contributed by atoms with Gasteiger partial charge in [0, 0.05) is 31.4 Å². The predicted molar refractivity (Wildman–Crippen MR) is 71.1 cm³/mol. The van der Waals surface area contributed by atoms with Crippen molar-refractivity contribution >= 4 is 11.7 Å². The number of nitrogens with one attached hydrogen (secondary N) is 1. The second kappa shape index (κ2) is 5.82. The number of carbonyl (C=O) groups is 1. The SMILES string of the molecule is CCNCc1cccnc1N1CCC(C(N)=O)C1. The van der Waals surface area contributed by atoms with Crippen molar-refractivity contribution < 1.29 is 4.79 Å². The van der Waals surface area contributed by atoms with Crippen LogP contribution in [-0.2, 0) is 11.3 Å². The quantitative estimate of drug-likeness (QED) is 0.796. The van der Waals surface area contributed by atoms with Gasteiger partial charge < -0.3 is 16.0 Å². The standard InChI is InChI=1S/C13H20N4O/c1-2-15-8-10-4-3-6-16-13(10)17-7-5-11(9-17)12(14)18/h3-4,6,11,15H,2,5,7-9H2,1H3,(H2,14,18). The molecule has 1 unspecified atom stereocenters. The molecule has 1 aromatic rings. The number of anilines is 1. The summed E-state index contributed by atoms with van der Waals surface area (Å²) in [5.74, 6) is 0.725. The Kier molecular flexibility index (Phi) is 4.15. The Morgan fingerprint density at radius 1 is 1.67 bits per heavy atom. The minimum atomic E-state index is -0.207. The summed E-state index contributed by atoms with van der Waals surface area (Å²) >= 11 is 0. The van der Waals surface area contributed by atoms with Gasteiger partial charge >= 0.3 is 0 Å². The molecule has 0 bridgehead atoms. The monoisotopic (exact) mass is 248 g/mol. The molecule has 1 aliphatic rings. The van der Waals surface area contributed by atoms with E-state index < -0.39 is 0 Å². The Bertz CT molecular complexity index is 421. The molecular formula is C13H20N4O. The smallest absolute Gasteiger partial charge is 0.222 e. The summed E-state index contributed by atoms with van der Waals surface area (Å²) in [5, 5.41) is 3.30. The summed E-state index contributed by atoms with van der Waals surface area (Å²) in [6.07, 6.45) is 2.62. The van der Waals surface area contributed by atoms with Gasteiger partial charge in [-0.1, -0.05) is 13.0 Å². The molecular weight excluding hydrogens is 228 g/mol. The molecule has 0 aliphatic carbocycles. The first kappa shape index (κ1) is 12.8. The fourth-order valence-electron chi connectivity index (χ4n) is 2.30. The van der Waals surface area contributed by atoms with E-state index in [-0.39, 0.29) is 11.8 Å². The van der Waals surface area contributed by atoms with Gasteiger partial charge in [-0.3, -0.25) is 4.79 Å². The van der Waals surface area contributed by atoms with Crippen LogP contribution in [0.2, 0.25) is 0 Å². The zero-order valence-electron chi connectivity index (χ0n) is 10.7. The van der Waals surface area contributed by atoms with Crippen molar-refractivity contribution in [3.8, 4) is 0 Å². The molecule has 18 heavy (non-hydrogen) atoms. The van der Waals surface area contributed by atoms with E-state index in [0.717, 1.165) is 31.9 Å². The molecule has 5 heteroatoms. The number of hydrogen-bond donors (Lipinski definition) is 2. The lowest BCUT2D eigenvalue weighted by Crippen LogP contribution is -2.28. The highest BCUT2D eigenvalue weighted by atomic mass is 16.1. The number of hydrogen-bond acceptors (Lipinski definition) is 4. The maximum absolute atomic E-state index is 11.2. The summed E-state index contributed by atoms with van der Waals surface area (Å²) in [6, 6.07) is 4.01. The van der Waals surface area contributed by atoms with Crippen LogP contribution in [0.1, 0.15) is 18.9 Å². The second-order valence-electron chi connectivity index (χ2n) is 4.60. The first-order chi connectivity index (χ1) is 8.72. The minimum Gasteiger partial charge on any atom is -0.369 e. The van der Waals surface area contributed by atoms with E-state index in [1.807, 2.05) is 6.07 Å². The van der Waals surface area contributed by atoms with Crippen LogP contribution in [0, 0.1) is 5.92 Å². The number of primary amides is 1. The first-order valence-electron chi connectivity index (χ1n) is 6.41. The molecule has 1 amide bonds. The van der Waals surface area contributed by atoms with Crippen LogP contribution in [0.5, 0.6) is 0 Å². The third-order valence-corrected chi connectivity index (χ3v) is 3.32. The normalized spacial score (nSPS) is 19.2. The van der Waals surface area contributed by atoms with Gasteiger partial charge in [0.25, 0.3) is 0 Å². The van der Waals surface area contributed by atoms with E-state index >= 15 is 0 Å². The Balaban J connectivity index is 2.11. The summed E-state index contributed by atoms with van der Waals surface area (Å²) in [4.78, 5) is 17.8. The average Bonchev–Trinajstić information content (AvgIpc) is 2.86. The molecule has 0 radical (unpaired) electrons. The summed E-state index contributed by atoms with van der Waals surface area (Å²) < 4.78 is 0. The van der Waals surface area contributed by atoms with Gasteiger partial charge in [-0.15, -0.1) is 0 Å². The van der Waals surface area contributed by atoms with Crippen LogP contribution < -0.4 is 16.0 Å². The van der Waals surface area contributed by atoms with Crippen molar-refractivity contribution in [2.24, 2.45) is 11.7 Å². The molecule has 2 heterocycles. The van der Waals surface area contributed by atoms with Crippen molar-refractivity contribution in [3.63, 3.8) is 0 Å². The molecule has 3 N–H and O–H groups in total. The van der Waals surface area contributed by atoms with Crippen molar-refractivity contribution in [1.29, 1.82) is 0 Å². The number of nitrogens with zero attached hydrogens (tertiary/aromatic N) is 2. The largest absolute Gasteiger partial charge is 0.369 e. The highest BCUT2D eigenvalue weighted by molar-refractivity contribution is 5.78. The fraction of sp³-hybridized carbons (Fsp3) is 0.538. The molecule has 5 nitrogen and oxygen atoms in total. The van der Waals surface area contributed by atoms with Crippen LogP contribution in [0.3, 0.4) is 0 Å². The Morgan fingerprint density at radius 2 is 2.50 bits per heavy atom. The number of pyridine rings is 1. The highest BCUT2D eigenvalue weighted by Gasteiger charge is 2.28. The van der Waals surface area contributed by atoms with E-state index in [9.17, 15) is 4.79 Å². The van der Waals surface area contributed by atoms with Gasteiger partial charge in [0.1, 0.15) is 5.82 Å². The van der Waals surface area contributed by atoms with Crippen molar-refractivity contribution in [2.75, 3.05) is 24.5 Å². The predicted octanol–water partition coefficient (Wildman–Crippen LogP) is 0.503. The van der Waals surface area contributed by atoms with Gasteiger partial charge in [0.15, 0.2) is 0 Å². The summed E-state index contributed by atoms with van der Waals surface area (Å²) in [7, 11) is 0. The number of rotatable bonds is 5. The molecule has 0 aromatic carbocycles. The average molecular weight is 248 g/mol. The maximum atomic E-state index is 11.2. The lowest BCUT2D eigenvalue weighted by atomic mass is 10.1. The summed E-state index contributed by atoms with van der Waals surface area (Å²) in [5.41, 5.74) is 6.53. The topological polar surface area (TPSA) is 71.2 Å². The van der Waals surface area contributed by atoms with Gasteiger partial charge in [-0.25, -0.2) is 4.98 Å². The Hall–Kier alpha value is -1.62. The van der Waals surface area contributed by atoms with Crippen LogP contribution in [-0.4, -0.2) is 30.5 Å². The number of nitrogens with two attached hydrogens (primary N) is 1. The highest BCUT2D eigenvalue weighted by Crippen LogP contribution is 2.24. The Morgan fingerprint density at radius 3 is 3.17 bits per heavy atom. The van der Waals surface area contributed by atoms with Gasteiger partial charge in [0.05, 0.1) is 5.92 Å². The molecule has 0 spiro atoms. The zero-order valence-corrected chi connectivity index (χ0v) is 10.7. The second-order valence-corrected chi connectivity index (χ2v) is 4.60. The van der Waals surface area contributed by atoms with Crippen molar-refractivity contribution in [2.45, 2.75) is 19.9 Å². The van der Waals surface area contributed by atoms with Gasteiger partial charge in [-0.05, 0) is 19.0 Å². The molecule has 2 rings (SSSR count).